The maximum Gasteiger partial charge on any atom is 0.264 e. The topological polar surface area (TPSA) is 70.0 Å². The predicted octanol–water partition coefficient (Wildman–Crippen LogP) is 5.77. The lowest BCUT2D eigenvalue weighted by atomic mass is 9.83. The number of allylic oxidation sites excluding steroid dienone is 6. The number of nitrogens with zero attached hydrogens (tertiary/aromatic N) is 2. The highest BCUT2D eigenvalue weighted by molar-refractivity contribution is 7.85. The Bertz CT molecular complexity index is 1160. The van der Waals surface area contributed by atoms with Gasteiger partial charge in [-0.15, -0.1) is 0 Å². The molecule has 0 aliphatic carbocycles. The number of benzene rings is 2. The zero-order valence-corrected chi connectivity index (χ0v) is 19.6. The van der Waals surface area contributed by atoms with Gasteiger partial charge < -0.3 is 4.90 Å². The van der Waals surface area contributed by atoms with E-state index in [4.69, 9.17) is 4.55 Å². The summed E-state index contributed by atoms with van der Waals surface area (Å²) in [4.78, 5) is 6.52. The summed E-state index contributed by atoms with van der Waals surface area (Å²) in [5.74, 6) is -0.252. The summed E-state index contributed by atoms with van der Waals surface area (Å²) >= 11 is 0. The Morgan fingerprint density at radius 1 is 1.03 bits per heavy atom. The minimum Gasteiger partial charge on any atom is -0.344 e. The predicted molar refractivity (Wildman–Crippen MR) is 134 cm³/mol. The van der Waals surface area contributed by atoms with E-state index in [1.807, 2.05) is 54.6 Å². The summed E-state index contributed by atoms with van der Waals surface area (Å²) < 4.78 is 31.5. The van der Waals surface area contributed by atoms with Gasteiger partial charge in [-0.2, -0.15) is 8.42 Å². The van der Waals surface area contributed by atoms with Gasteiger partial charge in [0, 0.05) is 29.6 Å². The molecule has 0 spiro atoms. The molecule has 1 aliphatic rings. The number of hydrogen-bond acceptors (Lipinski definition) is 4. The van der Waals surface area contributed by atoms with Crippen molar-refractivity contribution >= 4 is 27.7 Å². The van der Waals surface area contributed by atoms with E-state index in [1.54, 1.807) is 6.21 Å². The van der Waals surface area contributed by atoms with Crippen LogP contribution in [0.25, 0.3) is 0 Å². The van der Waals surface area contributed by atoms with Crippen LogP contribution < -0.4 is 4.90 Å². The van der Waals surface area contributed by atoms with E-state index in [9.17, 15) is 8.42 Å². The second-order valence-corrected chi connectivity index (χ2v) is 9.94. The number of aryl methyl sites for hydroxylation is 1. The average Bonchev–Trinajstić information content (AvgIpc) is 2.93. The molecule has 2 aromatic carbocycles. The monoisotopic (exact) mass is 450 g/mol. The van der Waals surface area contributed by atoms with Crippen LogP contribution in [0.4, 0.5) is 11.4 Å². The summed E-state index contributed by atoms with van der Waals surface area (Å²) in [5.41, 5.74) is 5.27. The van der Waals surface area contributed by atoms with Gasteiger partial charge in [0.2, 0.25) is 0 Å². The van der Waals surface area contributed by atoms with Gasteiger partial charge in [-0.25, -0.2) is 0 Å². The van der Waals surface area contributed by atoms with Gasteiger partial charge in [0.25, 0.3) is 10.1 Å². The number of fused-ring (bicyclic) bond motifs is 1. The molecule has 0 saturated carbocycles. The van der Waals surface area contributed by atoms with Gasteiger partial charge in [-0.1, -0.05) is 68.0 Å². The molecule has 3 rings (SSSR count). The highest BCUT2D eigenvalue weighted by Crippen LogP contribution is 2.48. The lowest BCUT2D eigenvalue weighted by molar-refractivity contribution is 0.481. The number of rotatable bonds is 8. The van der Waals surface area contributed by atoms with Crippen LogP contribution in [0, 0.1) is 6.92 Å². The van der Waals surface area contributed by atoms with Crippen molar-refractivity contribution in [3.05, 3.63) is 95.7 Å². The largest absolute Gasteiger partial charge is 0.344 e. The minimum absolute atomic E-state index is 0.220. The normalized spacial score (nSPS) is 17.2. The molecule has 1 heterocycles. The van der Waals surface area contributed by atoms with E-state index in [2.05, 4.69) is 54.9 Å². The first-order chi connectivity index (χ1) is 15.2. The SMILES string of the molecule is Cc1ccc2c(c1)C(C)(C)\C(=C/C=C/C=C/C=Nc1ccccc1)N2CCCS(=O)(=O)O. The summed E-state index contributed by atoms with van der Waals surface area (Å²) in [6.45, 7) is 6.94. The van der Waals surface area contributed by atoms with E-state index in [-0.39, 0.29) is 11.2 Å². The molecule has 0 amide bonds. The Morgan fingerprint density at radius 2 is 1.75 bits per heavy atom. The number of aliphatic imine (C=N–C) groups is 1. The Kier molecular flexibility index (Phi) is 7.48. The van der Waals surface area contributed by atoms with Crippen molar-refractivity contribution in [2.75, 3.05) is 17.2 Å². The van der Waals surface area contributed by atoms with Crippen molar-refractivity contribution in [2.45, 2.75) is 32.6 Å². The van der Waals surface area contributed by atoms with Crippen LogP contribution >= 0.6 is 0 Å². The van der Waals surface area contributed by atoms with Crippen LogP contribution in [-0.2, 0) is 15.5 Å². The lowest BCUT2D eigenvalue weighted by Gasteiger charge is -2.27. The van der Waals surface area contributed by atoms with Crippen LogP contribution in [0.15, 0.2) is 89.6 Å². The highest BCUT2D eigenvalue weighted by atomic mass is 32.2. The zero-order valence-electron chi connectivity index (χ0n) is 18.8. The molecular weight excluding hydrogens is 420 g/mol. The fourth-order valence-corrected chi connectivity index (χ4v) is 4.40. The molecule has 2 aromatic rings. The Hall–Kier alpha value is -2.96. The third kappa shape index (κ3) is 6.05. The van der Waals surface area contributed by atoms with Crippen LogP contribution in [0.3, 0.4) is 0 Å². The van der Waals surface area contributed by atoms with Crippen molar-refractivity contribution in [3.63, 3.8) is 0 Å². The number of para-hydroxylation sites is 1. The first kappa shape index (κ1) is 23.7. The van der Waals surface area contributed by atoms with E-state index in [0.29, 0.717) is 13.0 Å². The molecule has 0 atom stereocenters. The fraction of sp³-hybridized carbons (Fsp3) is 0.269. The van der Waals surface area contributed by atoms with Crippen molar-refractivity contribution in [2.24, 2.45) is 4.99 Å². The van der Waals surface area contributed by atoms with Gasteiger partial charge in [-0.05, 0) is 49.3 Å². The lowest BCUT2D eigenvalue weighted by Crippen LogP contribution is -2.28. The molecule has 1 N–H and O–H groups in total. The molecule has 1 aliphatic heterocycles. The number of anilines is 1. The Labute approximate surface area is 191 Å². The van der Waals surface area contributed by atoms with Crippen LogP contribution in [0.1, 0.15) is 31.4 Å². The fourth-order valence-electron chi connectivity index (χ4n) is 3.90. The summed E-state index contributed by atoms with van der Waals surface area (Å²) in [6.07, 6.45) is 11.9. The molecule has 6 heteroatoms. The molecule has 0 aromatic heterocycles. The minimum atomic E-state index is -3.98. The first-order valence-corrected chi connectivity index (χ1v) is 12.3. The third-order valence-corrected chi connectivity index (χ3v) is 6.29. The van der Waals surface area contributed by atoms with Crippen LogP contribution in [0.2, 0.25) is 0 Å². The molecule has 0 unspecified atom stereocenters. The number of hydrogen-bond donors (Lipinski definition) is 1. The molecule has 168 valence electrons. The second-order valence-electron chi connectivity index (χ2n) is 8.37. The molecular formula is C26H30N2O3S. The van der Waals surface area contributed by atoms with Gasteiger partial charge in [0.15, 0.2) is 0 Å². The van der Waals surface area contributed by atoms with E-state index in [1.165, 1.54) is 11.1 Å². The smallest absolute Gasteiger partial charge is 0.264 e. The summed E-state index contributed by atoms with van der Waals surface area (Å²) in [5, 5.41) is 0. The Balaban J connectivity index is 1.78. The van der Waals surface area contributed by atoms with E-state index < -0.39 is 10.1 Å². The zero-order chi connectivity index (χ0) is 23.2. The Morgan fingerprint density at radius 3 is 2.47 bits per heavy atom. The molecule has 0 fully saturated rings. The summed E-state index contributed by atoms with van der Waals surface area (Å²) in [6, 6.07) is 16.1. The van der Waals surface area contributed by atoms with Gasteiger partial charge in [0.1, 0.15) is 0 Å². The van der Waals surface area contributed by atoms with E-state index >= 15 is 0 Å². The van der Waals surface area contributed by atoms with Crippen molar-refractivity contribution in [1.82, 2.24) is 0 Å². The molecule has 32 heavy (non-hydrogen) atoms. The van der Waals surface area contributed by atoms with Gasteiger partial charge >= 0.3 is 0 Å². The maximum atomic E-state index is 11.2. The quantitative estimate of drug-likeness (QED) is 0.315. The van der Waals surface area contributed by atoms with Crippen molar-refractivity contribution in [1.29, 1.82) is 0 Å². The third-order valence-electron chi connectivity index (χ3n) is 5.48. The summed E-state index contributed by atoms with van der Waals surface area (Å²) in [7, 11) is -3.98. The highest BCUT2D eigenvalue weighted by Gasteiger charge is 2.39. The second kappa shape index (κ2) is 10.1. The van der Waals surface area contributed by atoms with Gasteiger partial charge in [-0.3, -0.25) is 9.55 Å². The van der Waals surface area contributed by atoms with Crippen molar-refractivity contribution < 1.29 is 13.0 Å². The molecule has 5 nitrogen and oxygen atoms in total. The molecule has 0 saturated heterocycles. The average molecular weight is 451 g/mol. The maximum absolute atomic E-state index is 11.2. The van der Waals surface area contributed by atoms with Crippen molar-refractivity contribution in [3.8, 4) is 0 Å². The standard InChI is InChI=1S/C26H30N2O3S/c1-21-15-16-24-23(20-21)26(2,3)25(28(24)18-11-19-32(29,30)31)14-9-4-5-10-17-27-22-12-7-6-8-13-22/h4-10,12-17,20H,11,18-19H2,1-3H3,(H,29,30,31)/b9-4+,10-5+,25-14+,27-17?. The van der Waals surface area contributed by atoms with Crippen LogP contribution in [0.5, 0.6) is 0 Å². The van der Waals surface area contributed by atoms with Crippen LogP contribution in [-0.4, -0.2) is 31.5 Å². The van der Waals surface area contributed by atoms with Gasteiger partial charge in [0.05, 0.1) is 11.4 Å². The van der Waals surface area contributed by atoms with E-state index in [0.717, 1.165) is 17.1 Å². The first-order valence-electron chi connectivity index (χ1n) is 10.7. The molecule has 0 bridgehead atoms. The molecule has 0 radical (unpaired) electrons.